The first kappa shape index (κ1) is 23.0. The van der Waals surface area contributed by atoms with Crippen LogP contribution in [0, 0.1) is 6.92 Å². The molecule has 1 aliphatic heterocycles. The van der Waals surface area contributed by atoms with E-state index >= 15 is 0 Å². The van der Waals surface area contributed by atoms with Gasteiger partial charge < -0.3 is 14.2 Å². The van der Waals surface area contributed by atoms with E-state index in [0.717, 1.165) is 50.4 Å². The number of pyridine rings is 1. The van der Waals surface area contributed by atoms with Gasteiger partial charge in [0.2, 0.25) is 0 Å². The Balaban J connectivity index is 1.39. The molecule has 0 saturated carbocycles. The van der Waals surface area contributed by atoms with Gasteiger partial charge in [-0.2, -0.15) is 0 Å². The fourth-order valence-electron chi connectivity index (χ4n) is 4.29. The Morgan fingerprint density at radius 3 is 2.64 bits per heavy atom. The van der Waals surface area contributed by atoms with Crippen molar-refractivity contribution in [3.63, 3.8) is 0 Å². The summed E-state index contributed by atoms with van der Waals surface area (Å²) in [6.07, 6.45) is 9.39. The number of likely N-dealkylation sites (tertiary alicyclic amines) is 1. The number of nitrogens with zero attached hydrogens (tertiary/aromatic N) is 5. The van der Waals surface area contributed by atoms with Gasteiger partial charge in [0.1, 0.15) is 17.7 Å². The topological polar surface area (TPSA) is 63.5 Å². The van der Waals surface area contributed by atoms with Crippen molar-refractivity contribution in [2.45, 2.75) is 52.4 Å². The standard InChI is InChI=1S/C26H33N5O2/c1-4-31-16-13-28-25(31)19-29(3)26(32)23-17-20(2)5-6-24(23)33-22-9-14-30(15-10-22)18-21-7-11-27-12-8-21/h5-8,11-13,16-17,22H,4,9-10,14-15,18-19H2,1-3H3. The Morgan fingerprint density at radius 1 is 1.15 bits per heavy atom. The summed E-state index contributed by atoms with van der Waals surface area (Å²) in [7, 11) is 1.82. The largest absolute Gasteiger partial charge is 0.489 e. The number of aryl methyl sites for hydroxylation is 2. The van der Waals surface area contributed by atoms with Crippen molar-refractivity contribution in [1.82, 2.24) is 24.3 Å². The second-order valence-corrected chi connectivity index (χ2v) is 8.74. The molecule has 1 aliphatic rings. The third kappa shape index (κ3) is 5.79. The molecule has 0 aliphatic carbocycles. The van der Waals surface area contributed by atoms with Gasteiger partial charge in [-0.1, -0.05) is 11.6 Å². The summed E-state index contributed by atoms with van der Waals surface area (Å²) >= 11 is 0. The highest BCUT2D eigenvalue weighted by Crippen LogP contribution is 2.26. The summed E-state index contributed by atoms with van der Waals surface area (Å²) < 4.78 is 8.44. The van der Waals surface area contributed by atoms with Gasteiger partial charge in [-0.15, -0.1) is 0 Å². The zero-order valence-electron chi connectivity index (χ0n) is 19.8. The van der Waals surface area contributed by atoms with Crippen LogP contribution in [-0.4, -0.2) is 56.5 Å². The number of carbonyl (C=O) groups is 1. The monoisotopic (exact) mass is 447 g/mol. The molecule has 3 heterocycles. The number of hydrogen-bond donors (Lipinski definition) is 0. The highest BCUT2D eigenvalue weighted by molar-refractivity contribution is 5.97. The number of ether oxygens (including phenoxy) is 1. The van der Waals surface area contributed by atoms with Gasteiger partial charge in [0.25, 0.3) is 5.91 Å². The number of piperidine rings is 1. The maximum Gasteiger partial charge on any atom is 0.257 e. The predicted octanol–water partition coefficient (Wildman–Crippen LogP) is 3.92. The molecule has 1 fully saturated rings. The Morgan fingerprint density at radius 2 is 1.91 bits per heavy atom. The van der Waals surface area contributed by atoms with Crippen molar-refractivity contribution < 1.29 is 9.53 Å². The molecule has 0 unspecified atom stereocenters. The molecule has 3 aromatic rings. The van der Waals surface area contributed by atoms with E-state index < -0.39 is 0 Å². The van der Waals surface area contributed by atoms with E-state index in [1.54, 1.807) is 11.1 Å². The van der Waals surface area contributed by atoms with Gasteiger partial charge in [-0.05, 0) is 56.5 Å². The summed E-state index contributed by atoms with van der Waals surface area (Å²) in [6, 6.07) is 10.0. The summed E-state index contributed by atoms with van der Waals surface area (Å²) in [4.78, 5) is 26.0. The molecule has 0 radical (unpaired) electrons. The molecule has 7 heteroatoms. The van der Waals surface area contributed by atoms with Crippen LogP contribution in [0.5, 0.6) is 5.75 Å². The summed E-state index contributed by atoms with van der Waals surface area (Å²) in [5.41, 5.74) is 2.94. The highest BCUT2D eigenvalue weighted by atomic mass is 16.5. The molecule has 0 N–H and O–H groups in total. The number of rotatable bonds is 8. The van der Waals surface area contributed by atoms with Crippen LogP contribution < -0.4 is 4.74 Å². The number of amides is 1. The minimum absolute atomic E-state index is 0.0468. The fourth-order valence-corrected chi connectivity index (χ4v) is 4.29. The van der Waals surface area contributed by atoms with Gasteiger partial charge in [0.15, 0.2) is 0 Å². The molecular formula is C26H33N5O2. The van der Waals surface area contributed by atoms with E-state index in [4.69, 9.17) is 4.74 Å². The SMILES string of the molecule is CCn1ccnc1CN(C)C(=O)c1cc(C)ccc1OC1CCN(Cc2ccncc2)CC1. The quantitative estimate of drug-likeness (QED) is 0.524. The normalized spacial score (nSPS) is 14.9. The molecule has 1 aromatic carbocycles. The lowest BCUT2D eigenvalue weighted by atomic mass is 10.1. The molecule has 1 amide bonds. The van der Waals surface area contributed by atoms with Crippen LogP contribution in [0.2, 0.25) is 0 Å². The van der Waals surface area contributed by atoms with E-state index in [0.29, 0.717) is 17.9 Å². The number of imidazole rings is 1. The van der Waals surface area contributed by atoms with Crippen molar-refractivity contribution >= 4 is 5.91 Å². The first-order chi connectivity index (χ1) is 16.0. The number of benzene rings is 1. The van der Waals surface area contributed by atoms with Crippen LogP contribution in [0.25, 0.3) is 0 Å². The smallest absolute Gasteiger partial charge is 0.257 e. The molecule has 7 nitrogen and oxygen atoms in total. The van der Waals surface area contributed by atoms with E-state index in [2.05, 4.69) is 38.5 Å². The molecule has 4 rings (SSSR count). The highest BCUT2D eigenvalue weighted by Gasteiger charge is 2.24. The van der Waals surface area contributed by atoms with E-state index in [1.165, 1.54) is 5.56 Å². The van der Waals surface area contributed by atoms with Gasteiger partial charge >= 0.3 is 0 Å². The maximum atomic E-state index is 13.3. The van der Waals surface area contributed by atoms with E-state index in [9.17, 15) is 4.79 Å². The zero-order chi connectivity index (χ0) is 23.2. The van der Waals surface area contributed by atoms with Crippen molar-refractivity contribution in [1.29, 1.82) is 0 Å². The first-order valence-corrected chi connectivity index (χ1v) is 11.7. The average Bonchev–Trinajstić information content (AvgIpc) is 3.28. The van der Waals surface area contributed by atoms with Crippen LogP contribution >= 0.6 is 0 Å². The van der Waals surface area contributed by atoms with E-state index in [1.807, 2.05) is 50.8 Å². The molecule has 1 saturated heterocycles. The molecule has 174 valence electrons. The van der Waals surface area contributed by atoms with Crippen LogP contribution in [0.15, 0.2) is 55.1 Å². The van der Waals surface area contributed by atoms with Gasteiger partial charge in [-0.3, -0.25) is 14.7 Å². The number of carbonyl (C=O) groups excluding carboxylic acids is 1. The lowest BCUT2D eigenvalue weighted by Crippen LogP contribution is -2.38. The molecule has 0 bridgehead atoms. The molecule has 33 heavy (non-hydrogen) atoms. The second-order valence-electron chi connectivity index (χ2n) is 8.74. The Bertz CT molecular complexity index is 1060. The molecule has 0 atom stereocenters. The van der Waals surface area contributed by atoms with E-state index in [-0.39, 0.29) is 12.0 Å². The Kier molecular flexibility index (Phi) is 7.40. The first-order valence-electron chi connectivity index (χ1n) is 11.7. The summed E-state index contributed by atoms with van der Waals surface area (Å²) in [5.74, 6) is 1.50. The molecule has 2 aromatic heterocycles. The van der Waals surface area contributed by atoms with Crippen LogP contribution in [-0.2, 0) is 19.6 Å². The maximum absolute atomic E-state index is 13.3. The van der Waals surface area contributed by atoms with Crippen LogP contribution in [0.4, 0.5) is 0 Å². The van der Waals surface area contributed by atoms with Crippen LogP contribution in [0.1, 0.15) is 47.1 Å². The predicted molar refractivity (Wildman–Crippen MR) is 128 cm³/mol. The zero-order valence-corrected chi connectivity index (χ0v) is 19.8. The third-order valence-electron chi connectivity index (χ3n) is 6.22. The Hall–Kier alpha value is -3.19. The van der Waals surface area contributed by atoms with Crippen molar-refractivity contribution in [3.05, 3.63) is 77.6 Å². The van der Waals surface area contributed by atoms with Crippen molar-refractivity contribution in [2.24, 2.45) is 0 Å². The van der Waals surface area contributed by atoms with Crippen molar-refractivity contribution in [2.75, 3.05) is 20.1 Å². The fraction of sp³-hybridized carbons (Fsp3) is 0.423. The summed E-state index contributed by atoms with van der Waals surface area (Å²) in [5, 5.41) is 0. The van der Waals surface area contributed by atoms with Gasteiger partial charge in [0, 0.05) is 58.0 Å². The summed E-state index contributed by atoms with van der Waals surface area (Å²) in [6.45, 7) is 8.24. The van der Waals surface area contributed by atoms with Crippen LogP contribution in [0.3, 0.4) is 0 Å². The van der Waals surface area contributed by atoms with Gasteiger partial charge in [-0.25, -0.2) is 4.98 Å². The second kappa shape index (κ2) is 10.6. The Labute approximate surface area is 196 Å². The minimum Gasteiger partial charge on any atom is -0.489 e. The molecule has 0 spiro atoms. The lowest BCUT2D eigenvalue weighted by molar-refractivity contribution is 0.0753. The third-order valence-corrected chi connectivity index (χ3v) is 6.22. The number of aromatic nitrogens is 3. The number of hydrogen-bond acceptors (Lipinski definition) is 5. The lowest BCUT2D eigenvalue weighted by Gasteiger charge is -2.32. The minimum atomic E-state index is -0.0468. The van der Waals surface area contributed by atoms with Crippen molar-refractivity contribution in [3.8, 4) is 5.75 Å². The molecular weight excluding hydrogens is 414 g/mol. The van der Waals surface area contributed by atoms with Gasteiger partial charge in [0.05, 0.1) is 12.1 Å². The average molecular weight is 448 g/mol.